The number of hydrogen-bond donors (Lipinski definition) is 2. The number of aryl methyl sites for hydroxylation is 2. The number of nitrogens with two attached hydrogens (primary N) is 1. The van der Waals surface area contributed by atoms with Crippen molar-refractivity contribution in [3.05, 3.63) is 22.9 Å². The predicted molar refractivity (Wildman–Crippen MR) is 68.8 cm³/mol. The van der Waals surface area contributed by atoms with Gasteiger partial charge in [-0.25, -0.2) is 4.98 Å². The quantitative estimate of drug-likeness (QED) is 0.782. The molecule has 2 heterocycles. The van der Waals surface area contributed by atoms with Gasteiger partial charge in [-0.15, -0.1) is 0 Å². The Bertz CT molecular complexity index is 410. The van der Waals surface area contributed by atoms with Crippen LogP contribution in [0.2, 0.25) is 0 Å². The number of rotatable bonds is 2. The maximum atomic E-state index is 6.06. The molecule has 2 aliphatic rings. The van der Waals surface area contributed by atoms with Gasteiger partial charge in [0.2, 0.25) is 0 Å². The molecule has 1 aliphatic carbocycles. The molecular weight excluding hydrogens is 212 g/mol. The van der Waals surface area contributed by atoms with Gasteiger partial charge < -0.3 is 11.1 Å². The molecule has 0 saturated carbocycles. The van der Waals surface area contributed by atoms with E-state index in [1.165, 1.54) is 29.7 Å². The Morgan fingerprint density at radius 3 is 2.94 bits per heavy atom. The van der Waals surface area contributed by atoms with Crippen LogP contribution < -0.4 is 11.1 Å². The normalized spacial score (nSPS) is 20.5. The first-order valence-corrected chi connectivity index (χ1v) is 6.53. The molecule has 0 bridgehead atoms. The van der Waals surface area contributed by atoms with Gasteiger partial charge in [-0.1, -0.05) is 0 Å². The molecule has 4 nitrogen and oxygen atoms in total. The number of nitrogens with one attached hydrogen (secondary N) is 1. The molecule has 3 rings (SSSR count). The molecule has 17 heavy (non-hydrogen) atoms. The highest BCUT2D eigenvalue weighted by Gasteiger charge is 2.17. The average molecular weight is 232 g/mol. The minimum absolute atomic E-state index is 0.740. The molecule has 1 fully saturated rings. The average Bonchev–Trinajstić information content (AvgIpc) is 2.78. The second kappa shape index (κ2) is 4.63. The summed E-state index contributed by atoms with van der Waals surface area (Å²) in [7, 11) is 0. The Labute approximate surface area is 102 Å². The van der Waals surface area contributed by atoms with E-state index in [-0.39, 0.29) is 0 Å². The van der Waals surface area contributed by atoms with Crippen LogP contribution in [0.25, 0.3) is 0 Å². The van der Waals surface area contributed by atoms with Crippen molar-refractivity contribution in [1.82, 2.24) is 15.2 Å². The molecule has 1 aromatic heterocycles. The molecule has 0 aromatic carbocycles. The smallest absolute Gasteiger partial charge is 0.128 e. The van der Waals surface area contributed by atoms with Crippen LogP contribution in [0.1, 0.15) is 23.2 Å². The van der Waals surface area contributed by atoms with Crippen LogP contribution in [-0.4, -0.2) is 36.1 Å². The summed E-state index contributed by atoms with van der Waals surface area (Å²) in [5, 5.41) is 3.37. The second-order valence-corrected chi connectivity index (χ2v) is 5.02. The van der Waals surface area contributed by atoms with Crippen LogP contribution in [0, 0.1) is 0 Å². The maximum Gasteiger partial charge on any atom is 0.128 e. The lowest BCUT2D eigenvalue weighted by Crippen LogP contribution is -2.43. The van der Waals surface area contributed by atoms with Crippen molar-refractivity contribution in [2.45, 2.75) is 25.8 Å². The molecule has 1 aliphatic heterocycles. The molecular formula is C13H20N4. The van der Waals surface area contributed by atoms with Gasteiger partial charge in [0, 0.05) is 44.0 Å². The van der Waals surface area contributed by atoms with E-state index >= 15 is 0 Å². The lowest BCUT2D eigenvalue weighted by atomic mass is 10.1. The molecule has 1 saturated heterocycles. The van der Waals surface area contributed by atoms with E-state index in [4.69, 9.17) is 5.73 Å². The molecule has 4 heteroatoms. The third kappa shape index (κ3) is 2.28. The molecule has 0 unspecified atom stereocenters. The van der Waals surface area contributed by atoms with Crippen LogP contribution in [-0.2, 0) is 19.4 Å². The van der Waals surface area contributed by atoms with Gasteiger partial charge in [0.15, 0.2) is 0 Å². The molecule has 1 aromatic rings. The molecule has 0 atom stereocenters. The third-order valence-electron chi connectivity index (χ3n) is 3.77. The summed E-state index contributed by atoms with van der Waals surface area (Å²) < 4.78 is 0. The molecule has 0 amide bonds. The van der Waals surface area contributed by atoms with Gasteiger partial charge in [0.25, 0.3) is 0 Å². The second-order valence-electron chi connectivity index (χ2n) is 5.02. The van der Waals surface area contributed by atoms with Gasteiger partial charge >= 0.3 is 0 Å². The Balaban J connectivity index is 1.78. The van der Waals surface area contributed by atoms with E-state index in [1.807, 2.05) is 0 Å². The monoisotopic (exact) mass is 232 g/mol. The number of hydrogen-bond acceptors (Lipinski definition) is 4. The highest BCUT2D eigenvalue weighted by atomic mass is 15.2. The van der Waals surface area contributed by atoms with E-state index in [2.05, 4.69) is 21.3 Å². The first kappa shape index (κ1) is 11.0. The highest BCUT2D eigenvalue weighted by molar-refractivity contribution is 5.45. The highest BCUT2D eigenvalue weighted by Crippen LogP contribution is 2.24. The zero-order chi connectivity index (χ0) is 11.7. The summed E-state index contributed by atoms with van der Waals surface area (Å²) in [5.41, 5.74) is 9.92. The van der Waals surface area contributed by atoms with E-state index < -0.39 is 0 Å². The first-order chi connectivity index (χ1) is 8.33. The van der Waals surface area contributed by atoms with Crippen LogP contribution in [0.4, 0.5) is 5.82 Å². The van der Waals surface area contributed by atoms with Crippen molar-refractivity contribution in [2.75, 3.05) is 31.9 Å². The van der Waals surface area contributed by atoms with Gasteiger partial charge in [-0.05, 0) is 30.9 Å². The van der Waals surface area contributed by atoms with Gasteiger partial charge in [-0.2, -0.15) is 0 Å². The van der Waals surface area contributed by atoms with Crippen molar-refractivity contribution >= 4 is 5.82 Å². The van der Waals surface area contributed by atoms with E-state index in [0.29, 0.717) is 0 Å². The zero-order valence-corrected chi connectivity index (χ0v) is 10.2. The Morgan fingerprint density at radius 1 is 1.29 bits per heavy atom. The first-order valence-electron chi connectivity index (χ1n) is 6.53. The summed E-state index contributed by atoms with van der Waals surface area (Å²) in [6, 6.07) is 2.28. The maximum absolute atomic E-state index is 6.06. The van der Waals surface area contributed by atoms with E-state index in [9.17, 15) is 0 Å². The van der Waals surface area contributed by atoms with Gasteiger partial charge in [-0.3, -0.25) is 4.90 Å². The van der Waals surface area contributed by atoms with Crippen LogP contribution in [0.15, 0.2) is 6.07 Å². The van der Waals surface area contributed by atoms with E-state index in [1.54, 1.807) is 0 Å². The largest absolute Gasteiger partial charge is 0.383 e. The number of nitrogens with zero attached hydrogens (tertiary/aromatic N) is 2. The van der Waals surface area contributed by atoms with Crippen LogP contribution in [0.5, 0.6) is 0 Å². The predicted octanol–water partition coefficient (Wildman–Crippen LogP) is 0.558. The third-order valence-corrected chi connectivity index (χ3v) is 3.77. The molecule has 3 N–H and O–H groups in total. The molecule has 92 valence electrons. The zero-order valence-electron chi connectivity index (χ0n) is 10.2. The van der Waals surface area contributed by atoms with Gasteiger partial charge in [0.1, 0.15) is 5.82 Å². The number of nitrogen functional groups attached to an aromatic ring is 1. The van der Waals surface area contributed by atoms with Crippen molar-refractivity contribution < 1.29 is 0 Å². The fourth-order valence-electron chi connectivity index (χ4n) is 2.77. The number of pyridine rings is 1. The van der Waals surface area contributed by atoms with Crippen LogP contribution >= 0.6 is 0 Å². The molecule has 0 spiro atoms. The minimum atomic E-state index is 0.740. The number of fused-ring (bicyclic) bond motifs is 1. The topological polar surface area (TPSA) is 54.2 Å². The van der Waals surface area contributed by atoms with Crippen LogP contribution in [0.3, 0.4) is 0 Å². The number of aromatic nitrogens is 1. The lowest BCUT2D eigenvalue weighted by Gasteiger charge is -2.27. The van der Waals surface area contributed by atoms with Crippen molar-refractivity contribution in [1.29, 1.82) is 0 Å². The fraction of sp³-hybridized carbons (Fsp3) is 0.615. The van der Waals surface area contributed by atoms with Gasteiger partial charge in [0.05, 0.1) is 0 Å². The minimum Gasteiger partial charge on any atom is -0.383 e. The van der Waals surface area contributed by atoms with E-state index in [0.717, 1.165) is 45.0 Å². The standard InChI is InChI=1S/C13H20N4/c14-13-11(9-17-6-4-15-5-7-17)8-10-2-1-3-12(10)16-13/h8,15H,1-7,9H2,(H2,14,16). The SMILES string of the molecule is Nc1nc2c(cc1CN1CCNCC1)CCC2. The Morgan fingerprint density at radius 2 is 2.12 bits per heavy atom. The summed E-state index contributed by atoms with van der Waals surface area (Å²) >= 11 is 0. The summed E-state index contributed by atoms with van der Waals surface area (Å²) in [4.78, 5) is 7.00. The Kier molecular flexibility index (Phi) is 2.99. The molecule has 0 radical (unpaired) electrons. The van der Waals surface area contributed by atoms with Crippen molar-refractivity contribution in [3.63, 3.8) is 0 Å². The summed E-state index contributed by atoms with van der Waals surface area (Å²) in [6.07, 6.45) is 3.52. The lowest BCUT2D eigenvalue weighted by molar-refractivity contribution is 0.233. The fourth-order valence-corrected chi connectivity index (χ4v) is 2.77. The summed E-state index contributed by atoms with van der Waals surface area (Å²) in [5.74, 6) is 0.740. The Hall–Kier alpha value is -1.13. The van der Waals surface area contributed by atoms with Crippen molar-refractivity contribution in [3.8, 4) is 0 Å². The number of anilines is 1. The number of piperazine rings is 1. The van der Waals surface area contributed by atoms with Crippen molar-refractivity contribution in [2.24, 2.45) is 0 Å². The summed E-state index contributed by atoms with van der Waals surface area (Å²) in [6.45, 7) is 5.33.